The Kier molecular flexibility index (Phi) is 5.34. The van der Waals surface area contributed by atoms with Gasteiger partial charge in [-0.25, -0.2) is 15.0 Å². The maximum absolute atomic E-state index is 5.48. The third-order valence-corrected chi connectivity index (χ3v) is 3.70. The zero-order valence-corrected chi connectivity index (χ0v) is 14.7. The molecule has 0 atom stereocenters. The van der Waals surface area contributed by atoms with Gasteiger partial charge in [0.05, 0.1) is 18.8 Å². The largest absolute Gasteiger partial charge is 0.380 e. The lowest BCUT2D eigenvalue weighted by Gasteiger charge is -2.10. The lowest BCUT2D eigenvalue weighted by molar-refractivity contribution is 0.137. The molecule has 0 radical (unpaired) electrons. The molecule has 0 aromatic carbocycles. The quantitative estimate of drug-likeness (QED) is 0.599. The summed E-state index contributed by atoms with van der Waals surface area (Å²) in [4.78, 5) is 17.3. The first-order valence-electron chi connectivity index (χ1n) is 8.32. The normalized spacial score (nSPS) is 11.0. The maximum Gasteiger partial charge on any atom is 0.225 e. The van der Waals surface area contributed by atoms with Crippen LogP contribution in [0, 0.1) is 0 Å². The van der Waals surface area contributed by atoms with Gasteiger partial charge in [0.2, 0.25) is 5.95 Å². The Morgan fingerprint density at radius 1 is 1.24 bits per heavy atom. The number of anilines is 3. The minimum absolute atomic E-state index is 0.531. The smallest absolute Gasteiger partial charge is 0.225 e. The second-order valence-electron chi connectivity index (χ2n) is 5.28. The highest BCUT2D eigenvalue weighted by Crippen LogP contribution is 2.27. The topological polar surface area (TPSA) is 103 Å². The molecule has 3 aromatic rings. The molecule has 132 valence electrons. The number of aromatic nitrogens is 6. The van der Waals surface area contributed by atoms with E-state index in [1.54, 1.807) is 19.3 Å². The molecule has 0 spiro atoms. The van der Waals surface area contributed by atoms with Gasteiger partial charge in [-0.15, -0.1) is 0 Å². The Hall–Kier alpha value is -2.81. The van der Waals surface area contributed by atoms with E-state index in [2.05, 4.69) is 37.5 Å². The Labute approximate surface area is 145 Å². The molecule has 0 fully saturated rings. The lowest BCUT2D eigenvalue weighted by Crippen LogP contribution is -2.10. The highest BCUT2D eigenvalue weighted by molar-refractivity contribution is 5.90. The fourth-order valence-electron chi connectivity index (χ4n) is 2.52. The SMILES string of the molecule is CCOCCn1nc(CC)c2nc(NC)nc(Nc3ccncn3)c21. The molecule has 0 bridgehead atoms. The first kappa shape index (κ1) is 17.0. The molecule has 0 aliphatic carbocycles. The standard InChI is InChI=1S/C16H22N8O/c1-4-11-13-14(24(23-11)8-9-25-5-2)15(22-16(17-3)21-13)20-12-6-7-18-10-19-12/h6-7,10H,4-5,8-9H2,1-3H3,(H2,17,18,19,20,21,22). The van der Waals surface area contributed by atoms with Crippen LogP contribution in [-0.2, 0) is 17.7 Å². The van der Waals surface area contributed by atoms with E-state index in [9.17, 15) is 0 Å². The van der Waals surface area contributed by atoms with Crippen molar-refractivity contribution in [3.8, 4) is 0 Å². The van der Waals surface area contributed by atoms with Gasteiger partial charge in [0, 0.05) is 19.9 Å². The summed E-state index contributed by atoms with van der Waals surface area (Å²) in [6, 6.07) is 1.79. The summed E-state index contributed by atoms with van der Waals surface area (Å²) < 4.78 is 7.37. The van der Waals surface area contributed by atoms with Crippen LogP contribution in [0.25, 0.3) is 11.0 Å². The fraction of sp³-hybridized carbons (Fsp3) is 0.438. The molecule has 0 amide bonds. The summed E-state index contributed by atoms with van der Waals surface area (Å²) in [5, 5.41) is 10.9. The third-order valence-electron chi connectivity index (χ3n) is 3.70. The number of rotatable bonds is 8. The van der Waals surface area contributed by atoms with Crippen LogP contribution < -0.4 is 10.6 Å². The summed E-state index contributed by atoms with van der Waals surface area (Å²) in [5.74, 6) is 1.84. The second kappa shape index (κ2) is 7.84. The molecule has 0 aliphatic heterocycles. The van der Waals surface area contributed by atoms with Gasteiger partial charge < -0.3 is 15.4 Å². The van der Waals surface area contributed by atoms with Gasteiger partial charge in [-0.1, -0.05) is 6.92 Å². The second-order valence-corrected chi connectivity index (χ2v) is 5.28. The van der Waals surface area contributed by atoms with E-state index >= 15 is 0 Å². The van der Waals surface area contributed by atoms with Crippen LogP contribution in [-0.4, -0.2) is 50.0 Å². The van der Waals surface area contributed by atoms with Crippen molar-refractivity contribution in [2.75, 3.05) is 30.9 Å². The van der Waals surface area contributed by atoms with Gasteiger partial charge in [0.15, 0.2) is 5.82 Å². The zero-order chi connectivity index (χ0) is 17.6. The molecular weight excluding hydrogens is 320 g/mol. The Balaban J connectivity index is 2.09. The van der Waals surface area contributed by atoms with Crippen molar-refractivity contribution in [2.45, 2.75) is 26.8 Å². The minimum Gasteiger partial charge on any atom is -0.380 e. The third kappa shape index (κ3) is 3.66. The molecule has 3 heterocycles. The monoisotopic (exact) mass is 342 g/mol. The van der Waals surface area contributed by atoms with Crippen LogP contribution in [0.3, 0.4) is 0 Å². The van der Waals surface area contributed by atoms with Gasteiger partial charge in [-0.05, 0) is 19.4 Å². The van der Waals surface area contributed by atoms with Crippen molar-refractivity contribution in [3.63, 3.8) is 0 Å². The Morgan fingerprint density at radius 2 is 2.12 bits per heavy atom. The molecule has 2 N–H and O–H groups in total. The predicted octanol–water partition coefficient (Wildman–Crippen LogP) is 2.00. The van der Waals surface area contributed by atoms with Crippen molar-refractivity contribution < 1.29 is 4.74 Å². The zero-order valence-electron chi connectivity index (χ0n) is 14.7. The highest BCUT2D eigenvalue weighted by atomic mass is 16.5. The van der Waals surface area contributed by atoms with Gasteiger partial charge in [-0.3, -0.25) is 4.68 Å². The van der Waals surface area contributed by atoms with E-state index in [0.717, 1.165) is 23.1 Å². The van der Waals surface area contributed by atoms with Crippen LogP contribution in [0.2, 0.25) is 0 Å². The lowest BCUT2D eigenvalue weighted by atomic mass is 10.3. The average Bonchev–Trinajstić information content (AvgIpc) is 3.01. The Morgan fingerprint density at radius 3 is 2.80 bits per heavy atom. The van der Waals surface area contributed by atoms with Crippen molar-refractivity contribution >= 4 is 28.6 Å². The molecular formula is C16H22N8O. The summed E-state index contributed by atoms with van der Waals surface area (Å²) in [6.07, 6.45) is 3.95. The molecule has 0 saturated carbocycles. The molecule has 0 unspecified atom stereocenters. The van der Waals surface area contributed by atoms with Crippen LogP contribution >= 0.6 is 0 Å². The van der Waals surface area contributed by atoms with E-state index < -0.39 is 0 Å². The molecule has 3 rings (SSSR count). The summed E-state index contributed by atoms with van der Waals surface area (Å²) in [6.45, 7) is 5.92. The summed E-state index contributed by atoms with van der Waals surface area (Å²) in [5.41, 5.74) is 2.60. The number of ether oxygens (including phenoxy) is 1. The van der Waals surface area contributed by atoms with E-state index in [1.165, 1.54) is 6.33 Å². The van der Waals surface area contributed by atoms with Gasteiger partial charge in [0.1, 0.15) is 23.2 Å². The first-order valence-corrected chi connectivity index (χ1v) is 8.32. The number of fused-ring (bicyclic) bond motifs is 1. The van der Waals surface area contributed by atoms with Gasteiger partial charge >= 0.3 is 0 Å². The first-order chi connectivity index (χ1) is 12.3. The predicted molar refractivity (Wildman–Crippen MR) is 96.1 cm³/mol. The van der Waals surface area contributed by atoms with Crippen LogP contribution in [0.1, 0.15) is 19.5 Å². The van der Waals surface area contributed by atoms with E-state index in [-0.39, 0.29) is 0 Å². The molecule has 25 heavy (non-hydrogen) atoms. The van der Waals surface area contributed by atoms with Crippen LogP contribution in [0.4, 0.5) is 17.6 Å². The molecule has 3 aromatic heterocycles. The van der Waals surface area contributed by atoms with Crippen LogP contribution in [0.15, 0.2) is 18.6 Å². The van der Waals surface area contributed by atoms with E-state index in [0.29, 0.717) is 37.3 Å². The van der Waals surface area contributed by atoms with Gasteiger partial charge in [0.25, 0.3) is 0 Å². The van der Waals surface area contributed by atoms with E-state index in [4.69, 9.17) is 9.84 Å². The number of nitrogens with one attached hydrogen (secondary N) is 2. The van der Waals surface area contributed by atoms with Gasteiger partial charge in [-0.2, -0.15) is 10.1 Å². The summed E-state index contributed by atoms with van der Waals surface area (Å²) in [7, 11) is 1.79. The number of aryl methyl sites for hydroxylation is 1. The summed E-state index contributed by atoms with van der Waals surface area (Å²) >= 11 is 0. The molecule has 0 saturated heterocycles. The minimum atomic E-state index is 0.531. The fourth-order valence-corrected chi connectivity index (χ4v) is 2.52. The maximum atomic E-state index is 5.48. The van der Waals surface area contributed by atoms with Crippen molar-refractivity contribution in [3.05, 3.63) is 24.3 Å². The molecule has 9 heteroatoms. The molecule has 9 nitrogen and oxygen atoms in total. The van der Waals surface area contributed by atoms with Crippen molar-refractivity contribution in [2.24, 2.45) is 0 Å². The number of hydrogen-bond donors (Lipinski definition) is 2. The molecule has 0 aliphatic rings. The number of hydrogen-bond acceptors (Lipinski definition) is 8. The van der Waals surface area contributed by atoms with E-state index in [1.807, 2.05) is 11.6 Å². The number of nitrogens with zero attached hydrogens (tertiary/aromatic N) is 6. The highest BCUT2D eigenvalue weighted by Gasteiger charge is 2.18. The van der Waals surface area contributed by atoms with Crippen molar-refractivity contribution in [1.82, 2.24) is 29.7 Å². The van der Waals surface area contributed by atoms with Crippen LogP contribution in [0.5, 0.6) is 0 Å². The Bertz CT molecular complexity index is 833. The average molecular weight is 342 g/mol. The van der Waals surface area contributed by atoms with Crippen molar-refractivity contribution in [1.29, 1.82) is 0 Å².